The fraction of sp³-hybridized carbons (Fsp3) is 0.364. The molecule has 0 unspecified atom stereocenters. The molecule has 166 valence electrons. The minimum Gasteiger partial charge on any atom is -0.497 e. The van der Waals surface area contributed by atoms with Crippen molar-refractivity contribution in [2.75, 3.05) is 51.7 Å². The van der Waals surface area contributed by atoms with Gasteiger partial charge in [0, 0.05) is 43.2 Å². The molecule has 2 aromatic rings. The van der Waals surface area contributed by atoms with Gasteiger partial charge in [-0.25, -0.2) is 4.79 Å². The van der Waals surface area contributed by atoms with E-state index in [9.17, 15) is 9.59 Å². The lowest BCUT2D eigenvalue weighted by atomic mass is 10.1. The number of anilines is 2. The number of hydrogen-bond acceptors (Lipinski definition) is 6. The number of ether oxygens (including phenoxy) is 4. The van der Waals surface area contributed by atoms with E-state index in [0.717, 1.165) is 11.4 Å². The lowest BCUT2D eigenvalue weighted by Gasteiger charge is -2.18. The summed E-state index contributed by atoms with van der Waals surface area (Å²) in [5.74, 6) is 2.10. The van der Waals surface area contributed by atoms with Crippen molar-refractivity contribution >= 4 is 23.3 Å². The molecule has 3 amide bonds. The quantitative estimate of drug-likeness (QED) is 0.670. The van der Waals surface area contributed by atoms with Crippen LogP contribution in [0, 0.1) is 5.92 Å². The van der Waals surface area contributed by atoms with Gasteiger partial charge >= 0.3 is 6.03 Å². The van der Waals surface area contributed by atoms with Crippen LogP contribution < -0.4 is 34.5 Å². The van der Waals surface area contributed by atoms with Crippen molar-refractivity contribution in [3.63, 3.8) is 0 Å². The first-order valence-corrected chi connectivity index (χ1v) is 9.78. The van der Waals surface area contributed by atoms with Crippen molar-refractivity contribution < 1.29 is 28.5 Å². The van der Waals surface area contributed by atoms with Crippen LogP contribution in [0.2, 0.25) is 0 Å². The van der Waals surface area contributed by atoms with Gasteiger partial charge in [0.25, 0.3) is 0 Å². The van der Waals surface area contributed by atoms with E-state index < -0.39 is 0 Å². The molecule has 31 heavy (non-hydrogen) atoms. The Labute approximate surface area is 181 Å². The molecule has 1 aliphatic heterocycles. The lowest BCUT2D eigenvalue weighted by molar-refractivity contribution is -0.117. The summed E-state index contributed by atoms with van der Waals surface area (Å²) in [4.78, 5) is 26.5. The predicted molar refractivity (Wildman–Crippen MR) is 117 cm³/mol. The van der Waals surface area contributed by atoms with E-state index in [1.54, 1.807) is 24.1 Å². The Morgan fingerprint density at radius 2 is 1.65 bits per heavy atom. The molecule has 2 N–H and O–H groups in total. The van der Waals surface area contributed by atoms with Gasteiger partial charge in [0.1, 0.15) is 5.75 Å². The third-order valence-electron chi connectivity index (χ3n) is 5.06. The smallest absolute Gasteiger partial charge is 0.319 e. The van der Waals surface area contributed by atoms with Gasteiger partial charge in [0.2, 0.25) is 11.7 Å². The molecule has 0 bridgehead atoms. The van der Waals surface area contributed by atoms with Crippen LogP contribution in [0.5, 0.6) is 23.0 Å². The first kappa shape index (κ1) is 22.1. The van der Waals surface area contributed by atoms with Crippen LogP contribution in [-0.2, 0) is 4.79 Å². The van der Waals surface area contributed by atoms with Crippen LogP contribution in [0.15, 0.2) is 36.4 Å². The van der Waals surface area contributed by atoms with E-state index in [0.29, 0.717) is 42.4 Å². The van der Waals surface area contributed by atoms with E-state index in [2.05, 4.69) is 10.6 Å². The summed E-state index contributed by atoms with van der Waals surface area (Å²) >= 11 is 0. The molecule has 1 atom stereocenters. The number of nitrogens with one attached hydrogen (secondary N) is 2. The molecule has 0 saturated carbocycles. The van der Waals surface area contributed by atoms with Crippen molar-refractivity contribution in [2.45, 2.75) is 6.42 Å². The molecule has 1 saturated heterocycles. The second-order valence-corrected chi connectivity index (χ2v) is 7.02. The van der Waals surface area contributed by atoms with Gasteiger partial charge in [0.15, 0.2) is 11.5 Å². The Hall–Kier alpha value is -3.62. The summed E-state index contributed by atoms with van der Waals surface area (Å²) in [6.45, 7) is 0.907. The van der Waals surface area contributed by atoms with Crippen LogP contribution in [0.1, 0.15) is 6.42 Å². The van der Waals surface area contributed by atoms with Crippen LogP contribution >= 0.6 is 0 Å². The Morgan fingerprint density at radius 3 is 2.19 bits per heavy atom. The van der Waals surface area contributed by atoms with Crippen LogP contribution in [-0.4, -0.2) is 53.5 Å². The van der Waals surface area contributed by atoms with Gasteiger partial charge in [-0.15, -0.1) is 0 Å². The zero-order valence-electron chi connectivity index (χ0n) is 18.1. The number of benzene rings is 2. The van der Waals surface area contributed by atoms with Gasteiger partial charge < -0.3 is 34.5 Å². The molecule has 0 spiro atoms. The van der Waals surface area contributed by atoms with E-state index >= 15 is 0 Å². The number of urea groups is 1. The molecule has 1 aliphatic rings. The first-order chi connectivity index (χ1) is 15.0. The number of rotatable bonds is 8. The maximum absolute atomic E-state index is 12.4. The molecule has 0 radical (unpaired) electrons. The number of hydrogen-bond donors (Lipinski definition) is 2. The minimum absolute atomic E-state index is 0.0142. The summed E-state index contributed by atoms with van der Waals surface area (Å²) in [7, 11) is 6.12. The molecule has 9 nitrogen and oxygen atoms in total. The normalized spacial score (nSPS) is 15.4. The van der Waals surface area contributed by atoms with E-state index in [-0.39, 0.29) is 17.9 Å². The van der Waals surface area contributed by atoms with Crippen molar-refractivity contribution in [2.24, 2.45) is 5.92 Å². The van der Waals surface area contributed by atoms with Crippen LogP contribution in [0.3, 0.4) is 0 Å². The number of carbonyl (C=O) groups is 2. The van der Waals surface area contributed by atoms with Gasteiger partial charge in [-0.3, -0.25) is 4.79 Å². The second-order valence-electron chi connectivity index (χ2n) is 7.02. The fourth-order valence-electron chi connectivity index (χ4n) is 3.50. The second kappa shape index (κ2) is 9.92. The van der Waals surface area contributed by atoms with E-state index in [1.807, 2.05) is 24.3 Å². The first-order valence-electron chi connectivity index (χ1n) is 9.78. The zero-order chi connectivity index (χ0) is 22.4. The Bertz CT molecular complexity index is 906. The van der Waals surface area contributed by atoms with E-state index in [1.165, 1.54) is 21.3 Å². The Kier molecular flexibility index (Phi) is 7.07. The number of nitrogens with zero attached hydrogens (tertiary/aromatic N) is 1. The number of amides is 3. The van der Waals surface area contributed by atoms with Gasteiger partial charge in [-0.05, 0) is 24.3 Å². The maximum atomic E-state index is 12.4. The molecule has 0 aliphatic carbocycles. The maximum Gasteiger partial charge on any atom is 0.319 e. The predicted octanol–water partition coefficient (Wildman–Crippen LogP) is 2.90. The highest BCUT2D eigenvalue weighted by molar-refractivity contribution is 5.96. The van der Waals surface area contributed by atoms with Gasteiger partial charge in [-0.1, -0.05) is 0 Å². The highest BCUT2D eigenvalue weighted by Gasteiger charge is 2.30. The molecule has 2 aromatic carbocycles. The largest absolute Gasteiger partial charge is 0.497 e. The van der Waals surface area contributed by atoms with E-state index in [4.69, 9.17) is 18.9 Å². The summed E-state index contributed by atoms with van der Waals surface area (Å²) in [6, 6.07) is 10.2. The van der Waals surface area contributed by atoms with Crippen LogP contribution in [0.25, 0.3) is 0 Å². The Balaban J connectivity index is 1.57. The standard InChI is InChI=1S/C22H27N3O6/c1-28-17-7-5-16(6-8-17)25-13-14(9-20(25)26)12-23-22(27)24-15-10-18(29-2)21(31-4)19(11-15)30-3/h5-8,10-11,14H,9,12-13H2,1-4H3,(H2,23,24,27)/t14-/m1/s1. The third-order valence-corrected chi connectivity index (χ3v) is 5.06. The minimum atomic E-state index is -0.385. The highest BCUT2D eigenvalue weighted by Crippen LogP contribution is 2.39. The number of carbonyl (C=O) groups excluding carboxylic acids is 2. The topological polar surface area (TPSA) is 98.4 Å². The van der Waals surface area contributed by atoms with Crippen molar-refractivity contribution in [3.8, 4) is 23.0 Å². The molecule has 1 heterocycles. The highest BCUT2D eigenvalue weighted by atomic mass is 16.5. The summed E-state index contributed by atoms with van der Waals surface area (Å²) in [5.41, 5.74) is 1.31. The van der Waals surface area contributed by atoms with Crippen LogP contribution in [0.4, 0.5) is 16.2 Å². The third kappa shape index (κ3) is 5.11. The number of methoxy groups -OCH3 is 4. The van der Waals surface area contributed by atoms with Crippen molar-refractivity contribution in [3.05, 3.63) is 36.4 Å². The molecule has 0 aromatic heterocycles. The molecule has 9 heteroatoms. The lowest BCUT2D eigenvalue weighted by Crippen LogP contribution is -2.34. The molecule has 1 fully saturated rings. The SMILES string of the molecule is COc1ccc(N2C[C@@H](CNC(=O)Nc3cc(OC)c(OC)c(OC)c3)CC2=O)cc1. The van der Waals surface area contributed by atoms with Gasteiger partial charge in [-0.2, -0.15) is 0 Å². The Morgan fingerprint density at radius 1 is 1.00 bits per heavy atom. The van der Waals surface area contributed by atoms with Crippen molar-refractivity contribution in [1.82, 2.24) is 5.32 Å². The molecular weight excluding hydrogens is 402 g/mol. The fourth-order valence-corrected chi connectivity index (χ4v) is 3.50. The monoisotopic (exact) mass is 429 g/mol. The van der Waals surface area contributed by atoms with Gasteiger partial charge in [0.05, 0.1) is 34.1 Å². The average molecular weight is 429 g/mol. The zero-order valence-corrected chi connectivity index (χ0v) is 18.1. The molecule has 3 rings (SSSR count). The summed E-state index contributed by atoms with van der Waals surface area (Å²) in [5, 5.41) is 5.58. The summed E-state index contributed by atoms with van der Waals surface area (Å²) in [6.07, 6.45) is 0.372. The average Bonchev–Trinajstić information content (AvgIpc) is 3.17. The molecular formula is C22H27N3O6. The van der Waals surface area contributed by atoms with Crippen molar-refractivity contribution in [1.29, 1.82) is 0 Å². The summed E-state index contributed by atoms with van der Waals surface area (Å²) < 4.78 is 21.0.